The number of urea groups is 1. The van der Waals surface area contributed by atoms with Crippen molar-refractivity contribution in [3.8, 4) is 11.1 Å². The van der Waals surface area contributed by atoms with Gasteiger partial charge in [-0.15, -0.1) is 0 Å². The molecule has 2 aromatic rings. The van der Waals surface area contributed by atoms with Crippen molar-refractivity contribution in [3.05, 3.63) is 54.1 Å². The molecule has 0 aromatic heterocycles. The smallest absolute Gasteiger partial charge is 0.418 e. The number of carbonyl (C=O) groups excluding carboxylic acids is 3. The van der Waals surface area contributed by atoms with Crippen molar-refractivity contribution < 1.29 is 27.5 Å². The summed E-state index contributed by atoms with van der Waals surface area (Å²) < 4.78 is 29.6. The van der Waals surface area contributed by atoms with Crippen LogP contribution >= 0.6 is 0 Å². The highest BCUT2D eigenvalue weighted by Crippen LogP contribution is 2.26. The van der Waals surface area contributed by atoms with E-state index in [4.69, 9.17) is 10.5 Å². The Morgan fingerprint density at radius 3 is 2.00 bits per heavy atom. The molecular formula is C28H37N3O6S. The second-order valence-electron chi connectivity index (χ2n) is 10.5. The lowest BCUT2D eigenvalue weighted by molar-refractivity contribution is -0.119. The molecule has 3 N–H and O–H groups in total. The lowest BCUT2D eigenvalue weighted by atomic mass is 10.0. The fourth-order valence-electron chi connectivity index (χ4n) is 4.40. The number of hydrogen-bond donors (Lipinski definition) is 2. The molecule has 0 saturated heterocycles. The summed E-state index contributed by atoms with van der Waals surface area (Å²) in [7, 11) is -3.27. The van der Waals surface area contributed by atoms with Gasteiger partial charge in [0.05, 0.1) is 10.6 Å². The molecule has 1 fully saturated rings. The number of amides is 4. The number of rotatable bonds is 8. The van der Waals surface area contributed by atoms with Gasteiger partial charge in [0.1, 0.15) is 11.6 Å². The highest BCUT2D eigenvalue weighted by atomic mass is 32.2. The van der Waals surface area contributed by atoms with Crippen LogP contribution < -0.4 is 11.1 Å². The zero-order valence-electron chi connectivity index (χ0n) is 22.4. The number of nitrogens with one attached hydrogen (secondary N) is 1. The molecule has 0 heterocycles. The van der Waals surface area contributed by atoms with E-state index >= 15 is 0 Å². The predicted octanol–water partition coefficient (Wildman–Crippen LogP) is 4.43. The number of nitrogens with zero attached hydrogens (tertiary/aromatic N) is 1. The molecular weight excluding hydrogens is 506 g/mol. The third-order valence-corrected chi connectivity index (χ3v) is 8.21. The maximum Gasteiger partial charge on any atom is 0.418 e. The van der Waals surface area contributed by atoms with E-state index in [0.29, 0.717) is 12.8 Å². The maximum absolute atomic E-state index is 13.2. The van der Waals surface area contributed by atoms with E-state index in [1.165, 1.54) is 0 Å². The van der Waals surface area contributed by atoms with E-state index in [2.05, 4.69) is 5.32 Å². The molecule has 0 bridgehead atoms. The third-order valence-electron chi connectivity index (χ3n) is 6.46. The van der Waals surface area contributed by atoms with E-state index in [1.54, 1.807) is 52.0 Å². The van der Waals surface area contributed by atoms with Crippen molar-refractivity contribution in [1.29, 1.82) is 0 Å². The van der Waals surface area contributed by atoms with E-state index in [1.807, 2.05) is 24.3 Å². The van der Waals surface area contributed by atoms with Crippen LogP contribution in [0.4, 0.5) is 9.59 Å². The van der Waals surface area contributed by atoms with Crippen LogP contribution in [0.15, 0.2) is 53.4 Å². The van der Waals surface area contributed by atoms with Crippen molar-refractivity contribution in [1.82, 2.24) is 10.2 Å². The maximum atomic E-state index is 13.2. The minimum absolute atomic E-state index is 0.0365. The number of nitrogens with two attached hydrogens (primary N) is 1. The van der Waals surface area contributed by atoms with Gasteiger partial charge in [-0.25, -0.2) is 22.9 Å². The molecule has 2 aromatic carbocycles. The van der Waals surface area contributed by atoms with E-state index < -0.39 is 39.5 Å². The summed E-state index contributed by atoms with van der Waals surface area (Å²) in [6.07, 6.45) is 2.57. The Morgan fingerprint density at radius 2 is 1.53 bits per heavy atom. The van der Waals surface area contributed by atoms with Gasteiger partial charge in [0.15, 0.2) is 9.84 Å². The second-order valence-corrected chi connectivity index (χ2v) is 12.8. The fourth-order valence-corrected chi connectivity index (χ4v) is 5.29. The standard InChI is InChI=1S/C28H37N3O6S/c1-5-38(35,36)23-16-14-21(15-17-23)20-12-10-19(11-13-20)18-24(25(29)32)30-26(33)31(22-8-6-7-9-22)27(34)37-28(2,3)4/h10-17,22,24H,5-9,18H2,1-4H3,(H2,29,32)(H,30,33). The van der Waals surface area contributed by atoms with Gasteiger partial charge in [-0.05, 0) is 62.4 Å². The van der Waals surface area contributed by atoms with Gasteiger partial charge in [0, 0.05) is 12.5 Å². The van der Waals surface area contributed by atoms with Crippen molar-refractivity contribution >= 4 is 27.9 Å². The predicted molar refractivity (Wildman–Crippen MR) is 145 cm³/mol. The first-order valence-electron chi connectivity index (χ1n) is 12.8. The van der Waals surface area contributed by atoms with E-state index in [0.717, 1.165) is 34.4 Å². The average molecular weight is 544 g/mol. The van der Waals surface area contributed by atoms with E-state index in [9.17, 15) is 22.8 Å². The zero-order chi connectivity index (χ0) is 28.1. The number of sulfone groups is 1. The van der Waals surface area contributed by atoms with Crippen molar-refractivity contribution in [2.75, 3.05) is 5.75 Å². The third kappa shape index (κ3) is 7.56. The molecule has 206 valence electrons. The van der Waals surface area contributed by atoms with Crippen LogP contribution in [0.5, 0.6) is 0 Å². The Morgan fingerprint density at radius 1 is 1.00 bits per heavy atom. The molecule has 1 aliphatic carbocycles. The van der Waals surface area contributed by atoms with Crippen molar-refractivity contribution in [2.45, 2.75) is 82.4 Å². The van der Waals surface area contributed by atoms with E-state index in [-0.39, 0.29) is 23.1 Å². The van der Waals surface area contributed by atoms with Gasteiger partial charge in [-0.3, -0.25) is 4.79 Å². The molecule has 0 aliphatic heterocycles. The Balaban J connectivity index is 1.72. The minimum atomic E-state index is -3.27. The summed E-state index contributed by atoms with van der Waals surface area (Å²) in [5.74, 6) is -0.680. The molecule has 38 heavy (non-hydrogen) atoms. The molecule has 3 rings (SSSR count). The van der Waals surface area contributed by atoms with Gasteiger partial charge >= 0.3 is 12.1 Å². The molecule has 9 nitrogen and oxygen atoms in total. The Labute approximate surface area is 224 Å². The lowest BCUT2D eigenvalue weighted by Crippen LogP contribution is -2.55. The average Bonchev–Trinajstić information content (AvgIpc) is 3.37. The van der Waals surface area contributed by atoms with Crippen LogP contribution in [-0.2, 0) is 25.8 Å². The summed E-state index contributed by atoms with van der Waals surface area (Å²) in [4.78, 5) is 39.6. The van der Waals surface area contributed by atoms with Gasteiger partial charge in [0.2, 0.25) is 5.91 Å². The van der Waals surface area contributed by atoms with Crippen LogP contribution in [0.3, 0.4) is 0 Å². The monoisotopic (exact) mass is 543 g/mol. The number of benzene rings is 2. The molecule has 1 atom stereocenters. The largest absolute Gasteiger partial charge is 0.443 e. The van der Waals surface area contributed by atoms with Gasteiger partial charge in [-0.2, -0.15) is 0 Å². The highest BCUT2D eigenvalue weighted by molar-refractivity contribution is 7.91. The van der Waals surface area contributed by atoms with Crippen LogP contribution in [0, 0.1) is 0 Å². The molecule has 1 saturated carbocycles. The Bertz CT molecular complexity index is 1240. The van der Waals surface area contributed by atoms with Crippen molar-refractivity contribution in [2.24, 2.45) is 5.73 Å². The van der Waals surface area contributed by atoms with Gasteiger partial charge in [0.25, 0.3) is 0 Å². The molecule has 1 unspecified atom stereocenters. The Kier molecular flexibility index (Phi) is 9.19. The summed E-state index contributed by atoms with van der Waals surface area (Å²) in [5.41, 5.74) is 7.30. The molecule has 4 amide bonds. The Hall–Kier alpha value is -3.40. The fraction of sp³-hybridized carbons (Fsp3) is 0.464. The molecule has 0 spiro atoms. The van der Waals surface area contributed by atoms with Gasteiger partial charge < -0.3 is 15.8 Å². The molecule has 1 aliphatic rings. The SMILES string of the molecule is CCS(=O)(=O)c1ccc(-c2ccc(CC(NC(=O)N(C(=O)OC(C)(C)C)C3CCCC3)C(N)=O)cc2)cc1. The van der Waals surface area contributed by atoms with Crippen molar-refractivity contribution in [3.63, 3.8) is 0 Å². The molecule has 10 heteroatoms. The van der Waals surface area contributed by atoms with Crippen LogP contribution in [0.1, 0.15) is 58.9 Å². The number of ether oxygens (including phenoxy) is 1. The summed E-state index contributed by atoms with van der Waals surface area (Å²) >= 11 is 0. The highest BCUT2D eigenvalue weighted by Gasteiger charge is 2.36. The lowest BCUT2D eigenvalue weighted by Gasteiger charge is -2.31. The first-order chi connectivity index (χ1) is 17.8. The summed E-state index contributed by atoms with van der Waals surface area (Å²) in [6, 6.07) is 12.0. The first kappa shape index (κ1) is 29.2. The number of imide groups is 1. The topological polar surface area (TPSA) is 136 Å². The van der Waals surface area contributed by atoms with Gasteiger partial charge in [-0.1, -0.05) is 56.2 Å². The van der Waals surface area contributed by atoms with Crippen LogP contribution in [-0.4, -0.2) is 54.8 Å². The summed E-state index contributed by atoms with van der Waals surface area (Å²) in [6.45, 7) is 6.79. The summed E-state index contributed by atoms with van der Waals surface area (Å²) in [5, 5.41) is 2.64. The number of carbonyl (C=O) groups is 3. The number of hydrogen-bond acceptors (Lipinski definition) is 6. The first-order valence-corrected chi connectivity index (χ1v) is 14.5. The minimum Gasteiger partial charge on any atom is -0.443 e. The van der Waals surface area contributed by atoms with Crippen LogP contribution in [0.2, 0.25) is 0 Å². The second kappa shape index (κ2) is 12.0. The molecule has 0 radical (unpaired) electrons. The quantitative estimate of drug-likeness (QED) is 0.505. The normalized spacial score (nSPS) is 15.1. The van der Waals surface area contributed by atoms with Crippen LogP contribution in [0.25, 0.3) is 11.1 Å². The zero-order valence-corrected chi connectivity index (χ0v) is 23.2. The number of primary amides is 1.